The standard InChI is InChI=1S/C35H40FN3O5.Na.H/c1-22(2)39-30(16-15-28(40)18-29(41)19-31(42)43)32(26-11-13-27(36)14-12-26)33(25-9-4-3-5-10-25)34(39)35(44)38-21-24-8-6-7-23(17-24)20-37;;/h3-14,17,22,28-29,40-41H,15-16,18-21,37H2,1-2H3,(H,38,44)(H,42,43);;/q;+1;-1. The normalized spacial score (nSPS) is 12.4. The van der Waals surface area contributed by atoms with E-state index >= 15 is 0 Å². The Morgan fingerprint density at radius 1 is 0.911 bits per heavy atom. The molecule has 4 rings (SSSR count). The number of halogens is 1. The molecule has 1 heterocycles. The predicted molar refractivity (Wildman–Crippen MR) is 169 cm³/mol. The summed E-state index contributed by atoms with van der Waals surface area (Å²) < 4.78 is 16.0. The van der Waals surface area contributed by atoms with E-state index in [0.717, 1.165) is 27.9 Å². The molecule has 2 unspecified atom stereocenters. The monoisotopic (exact) mass is 625 g/mol. The van der Waals surface area contributed by atoms with Crippen LogP contribution in [0.2, 0.25) is 0 Å². The van der Waals surface area contributed by atoms with Crippen LogP contribution in [0, 0.1) is 5.82 Å². The van der Waals surface area contributed by atoms with Gasteiger partial charge in [0.15, 0.2) is 0 Å². The van der Waals surface area contributed by atoms with E-state index in [1.165, 1.54) is 12.1 Å². The van der Waals surface area contributed by atoms with Gasteiger partial charge in [0, 0.05) is 36.0 Å². The SMILES string of the molecule is CC(C)n1c(CCC(O)CC(O)CC(=O)O)c(-c2ccc(F)cc2)c(-c2ccccc2)c1C(=O)NCc1cccc(CN)c1.[H-].[Na+]. The molecular formula is C35H41FN3NaO5. The zero-order valence-corrected chi connectivity index (χ0v) is 28.0. The molecule has 2 atom stereocenters. The number of aliphatic hydroxyl groups excluding tert-OH is 2. The Morgan fingerprint density at radius 2 is 1.56 bits per heavy atom. The van der Waals surface area contributed by atoms with E-state index in [-0.39, 0.29) is 68.1 Å². The molecule has 0 fully saturated rings. The number of rotatable bonds is 14. The number of aromatic nitrogens is 1. The Bertz CT molecular complexity index is 1580. The Kier molecular flexibility index (Phi) is 13.5. The van der Waals surface area contributed by atoms with Crippen molar-refractivity contribution in [1.29, 1.82) is 0 Å². The van der Waals surface area contributed by atoms with Gasteiger partial charge in [0.25, 0.3) is 5.91 Å². The number of carboxylic acid groups (broad SMARTS) is 1. The van der Waals surface area contributed by atoms with Crippen molar-refractivity contribution in [3.8, 4) is 22.3 Å². The van der Waals surface area contributed by atoms with Gasteiger partial charge in [-0.1, -0.05) is 66.7 Å². The number of aliphatic hydroxyl groups is 2. The molecule has 0 aliphatic heterocycles. The maximum Gasteiger partial charge on any atom is 1.00 e. The van der Waals surface area contributed by atoms with Gasteiger partial charge in [0.2, 0.25) is 0 Å². The molecule has 4 aromatic rings. The average molecular weight is 626 g/mol. The van der Waals surface area contributed by atoms with Crippen LogP contribution in [0.4, 0.5) is 4.39 Å². The topological polar surface area (TPSA) is 138 Å². The maximum absolute atomic E-state index is 14.2. The van der Waals surface area contributed by atoms with Crippen LogP contribution in [-0.2, 0) is 24.3 Å². The number of nitrogens with zero attached hydrogens (tertiary/aromatic N) is 1. The van der Waals surface area contributed by atoms with Crippen molar-refractivity contribution >= 4 is 11.9 Å². The van der Waals surface area contributed by atoms with Crippen LogP contribution in [0.1, 0.15) is 67.9 Å². The first-order valence-corrected chi connectivity index (χ1v) is 14.8. The summed E-state index contributed by atoms with van der Waals surface area (Å²) in [4.78, 5) is 25.2. The van der Waals surface area contributed by atoms with Gasteiger partial charge in [-0.05, 0) is 67.5 Å². The summed E-state index contributed by atoms with van der Waals surface area (Å²) in [5.74, 6) is -1.82. The summed E-state index contributed by atoms with van der Waals surface area (Å²) in [7, 11) is 0. The second kappa shape index (κ2) is 16.8. The van der Waals surface area contributed by atoms with Crippen LogP contribution in [0.5, 0.6) is 0 Å². The molecule has 6 N–H and O–H groups in total. The van der Waals surface area contributed by atoms with Crippen molar-refractivity contribution in [2.45, 2.75) is 70.9 Å². The van der Waals surface area contributed by atoms with Crippen LogP contribution in [0.15, 0.2) is 78.9 Å². The van der Waals surface area contributed by atoms with E-state index < -0.39 is 24.6 Å². The molecule has 0 spiro atoms. The third-order valence-corrected chi connectivity index (χ3v) is 7.58. The van der Waals surface area contributed by atoms with Gasteiger partial charge in [-0.3, -0.25) is 9.59 Å². The van der Waals surface area contributed by atoms with Crippen molar-refractivity contribution in [3.63, 3.8) is 0 Å². The van der Waals surface area contributed by atoms with Crippen LogP contribution in [-0.4, -0.2) is 44.0 Å². The number of carboxylic acids is 1. The van der Waals surface area contributed by atoms with Crippen LogP contribution >= 0.6 is 0 Å². The quantitative estimate of drug-likeness (QED) is 0.137. The number of nitrogens with two attached hydrogens (primary N) is 1. The van der Waals surface area contributed by atoms with Gasteiger partial charge in [0.05, 0.1) is 18.6 Å². The van der Waals surface area contributed by atoms with E-state index in [1.807, 2.05) is 73.0 Å². The predicted octanol–water partition coefficient (Wildman–Crippen LogP) is 2.57. The molecule has 45 heavy (non-hydrogen) atoms. The van der Waals surface area contributed by atoms with Crippen molar-refractivity contribution in [3.05, 3.63) is 107 Å². The number of carbonyl (C=O) groups excluding carboxylic acids is 1. The summed E-state index contributed by atoms with van der Waals surface area (Å²) in [6.45, 7) is 4.62. The Morgan fingerprint density at radius 3 is 2.18 bits per heavy atom. The Labute approximate surface area is 286 Å². The molecule has 0 aliphatic rings. The van der Waals surface area contributed by atoms with E-state index in [9.17, 15) is 24.2 Å². The summed E-state index contributed by atoms with van der Waals surface area (Å²) >= 11 is 0. The third-order valence-electron chi connectivity index (χ3n) is 7.58. The number of aliphatic carboxylic acids is 1. The van der Waals surface area contributed by atoms with Gasteiger partial charge < -0.3 is 32.4 Å². The molecule has 0 aliphatic carbocycles. The maximum atomic E-state index is 14.2. The summed E-state index contributed by atoms with van der Waals surface area (Å²) in [5, 5.41) is 33.0. The fourth-order valence-electron chi connectivity index (χ4n) is 5.64. The van der Waals surface area contributed by atoms with E-state index in [4.69, 9.17) is 10.8 Å². The third kappa shape index (κ3) is 9.36. The number of hydrogen-bond acceptors (Lipinski definition) is 5. The molecule has 3 aromatic carbocycles. The fraction of sp³-hybridized carbons (Fsp3) is 0.314. The van der Waals surface area contributed by atoms with E-state index in [0.29, 0.717) is 29.8 Å². The first kappa shape index (κ1) is 36.2. The van der Waals surface area contributed by atoms with Gasteiger partial charge in [0.1, 0.15) is 11.5 Å². The minimum atomic E-state index is -1.19. The Hall–Kier alpha value is -3.31. The average Bonchev–Trinajstić information content (AvgIpc) is 3.35. The van der Waals surface area contributed by atoms with Crippen LogP contribution in [0.3, 0.4) is 0 Å². The number of benzene rings is 3. The van der Waals surface area contributed by atoms with Gasteiger partial charge in [-0.15, -0.1) is 0 Å². The van der Waals surface area contributed by atoms with E-state index in [2.05, 4.69) is 5.32 Å². The molecular weight excluding hydrogens is 584 g/mol. The second-order valence-electron chi connectivity index (χ2n) is 11.3. The molecule has 0 radical (unpaired) electrons. The molecule has 1 aromatic heterocycles. The van der Waals surface area contributed by atoms with Gasteiger partial charge in [-0.2, -0.15) is 0 Å². The summed E-state index contributed by atoms with van der Waals surface area (Å²) in [6, 6.07) is 23.2. The second-order valence-corrected chi connectivity index (χ2v) is 11.3. The summed E-state index contributed by atoms with van der Waals surface area (Å²) in [6.07, 6.45) is -2.19. The van der Waals surface area contributed by atoms with Crippen molar-refractivity contribution in [1.82, 2.24) is 9.88 Å². The van der Waals surface area contributed by atoms with Gasteiger partial charge in [-0.25, -0.2) is 4.39 Å². The van der Waals surface area contributed by atoms with Crippen molar-refractivity contribution in [2.24, 2.45) is 5.73 Å². The first-order valence-electron chi connectivity index (χ1n) is 14.8. The zero-order chi connectivity index (χ0) is 31.8. The van der Waals surface area contributed by atoms with Crippen molar-refractivity contribution in [2.75, 3.05) is 0 Å². The number of hydrogen-bond donors (Lipinski definition) is 5. The van der Waals surface area contributed by atoms with E-state index in [1.54, 1.807) is 12.1 Å². The van der Waals surface area contributed by atoms with Crippen LogP contribution < -0.4 is 40.6 Å². The van der Waals surface area contributed by atoms with Crippen molar-refractivity contribution < 1.29 is 60.3 Å². The fourth-order valence-corrected chi connectivity index (χ4v) is 5.64. The number of carbonyl (C=O) groups is 2. The molecule has 8 nitrogen and oxygen atoms in total. The Balaban J connectivity index is 0.00000368. The van der Waals surface area contributed by atoms with Gasteiger partial charge >= 0.3 is 35.5 Å². The largest absolute Gasteiger partial charge is 1.00 e. The molecule has 10 heteroatoms. The first-order chi connectivity index (χ1) is 21.1. The minimum Gasteiger partial charge on any atom is -1.00 e. The minimum absolute atomic E-state index is 0. The molecule has 0 saturated carbocycles. The number of amides is 1. The molecule has 0 saturated heterocycles. The molecule has 0 bridgehead atoms. The summed E-state index contributed by atoms with van der Waals surface area (Å²) in [5.41, 5.74) is 11.8. The molecule has 234 valence electrons. The smallest absolute Gasteiger partial charge is 1.00 e. The molecule has 1 amide bonds. The van der Waals surface area contributed by atoms with Crippen LogP contribution in [0.25, 0.3) is 22.3 Å². The number of nitrogens with one attached hydrogen (secondary N) is 1. The zero-order valence-electron chi connectivity index (χ0n) is 27.0.